The van der Waals surface area contributed by atoms with Gasteiger partial charge in [-0.25, -0.2) is 4.79 Å². The van der Waals surface area contributed by atoms with E-state index in [2.05, 4.69) is 0 Å². The maximum absolute atomic E-state index is 10.9. The van der Waals surface area contributed by atoms with Crippen LogP contribution in [0.3, 0.4) is 0 Å². The average molecular weight is 193 g/mol. The molecule has 1 aromatic rings. The number of nitrogens with two attached hydrogens (primary N) is 1. The number of carboxylic acid groups (broad SMARTS) is 1. The second-order valence-corrected chi connectivity index (χ2v) is 3.41. The summed E-state index contributed by atoms with van der Waals surface area (Å²) in [4.78, 5) is 10.9. The summed E-state index contributed by atoms with van der Waals surface area (Å²) >= 11 is 0. The Balaban J connectivity index is 3.22. The lowest BCUT2D eigenvalue weighted by atomic mass is 9.97. The van der Waals surface area contributed by atoms with E-state index in [-0.39, 0.29) is 6.04 Å². The minimum absolute atomic E-state index is 0.194. The van der Waals surface area contributed by atoms with Crippen LogP contribution in [0, 0.1) is 6.92 Å². The minimum atomic E-state index is -0.913. The number of carbonyl (C=O) groups is 1. The zero-order valence-electron chi connectivity index (χ0n) is 8.45. The lowest BCUT2D eigenvalue weighted by Crippen LogP contribution is -2.14. The molecule has 0 fully saturated rings. The molecule has 0 unspecified atom stereocenters. The summed E-state index contributed by atoms with van der Waals surface area (Å²) in [6, 6.07) is 5.05. The van der Waals surface area contributed by atoms with Crippen LogP contribution < -0.4 is 5.73 Å². The van der Waals surface area contributed by atoms with Gasteiger partial charge in [-0.1, -0.05) is 24.6 Å². The molecule has 0 aliphatic heterocycles. The molecular formula is C11H15NO2. The number of aryl methyl sites for hydroxylation is 1. The zero-order valence-corrected chi connectivity index (χ0v) is 8.45. The van der Waals surface area contributed by atoms with Gasteiger partial charge in [0.15, 0.2) is 0 Å². The van der Waals surface area contributed by atoms with E-state index in [1.54, 1.807) is 12.1 Å². The van der Waals surface area contributed by atoms with Gasteiger partial charge in [0.1, 0.15) is 0 Å². The highest BCUT2D eigenvalue weighted by atomic mass is 16.4. The van der Waals surface area contributed by atoms with Crippen LogP contribution in [0.5, 0.6) is 0 Å². The van der Waals surface area contributed by atoms with Crippen LogP contribution in [0.4, 0.5) is 0 Å². The SMILES string of the molecule is CC[C@H](N)c1cc(C)ccc1C(=O)O. The van der Waals surface area contributed by atoms with Gasteiger partial charge >= 0.3 is 5.97 Å². The van der Waals surface area contributed by atoms with E-state index in [9.17, 15) is 4.79 Å². The van der Waals surface area contributed by atoms with Crippen LogP contribution in [-0.2, 0) is 0 Å². The van der Waals surface area contributed by atoms with Crippen LogP contribution in [0.25, 0.3) is 0 Å². The van der Waals surface area contributed by atoms with Gasteiger partial charge in [0.05, 0.1) is 5.56 Å². The fourth-order valence-corrected chi connectivity index (χ4v) is 1.40. The Morgan fingerprint density at radius 3 is 2.71 bits per heavy atom. The van der Waals surface area contributed by atoms with E-state index in [1.165, 1.54) is 0 Å². The fourth-order valence-electron chi connectivity index (χ4n) is 1.40. The molecule has 0 bridgehead atoms. The maximum Gasteiger partial charge on any atom is 0.336 e. The predicted molar refractivity (Wildman–Crippen MR) is 55.4 cm³/mol. The molecule has 0 radical (unpaired) electrons. The van der Waals surface area contributed by atoms with Crippen LogP contribution in [-0.4, -0.2) is 11.1 Å². The van der Waals surface area contributed by atoms with E-state index < -0.39 is 5.97 Å². The van der Waals surface area contributed by atoms with Gasteiger partial charge in [-0.3, -0.25) is 0 Å². The van der Waals surface area contributed by atoms with Crippen LogP contribution in [0.15, 0.2) is 18.2 Å². The molecule has 3 nitrogen and oxygen atoms in total. The second kappa shape index (κ2) is 4.24. The average Bonchev–Trinajstić information content (AvgIpc) is 2.16. The van der Waals surface area contributed by atoms with Crippen molar-refractivity contribution in [2.75, 3.05) is 0 Å². The standard InChI is InChI=1S/C11H15NO2/c1-3-10(12)9-6-7(2)4-5-8(9)11(13)14/h4-6,10H,3,12H2,1-2H3,(H,13,14)/t10-/m0/s1. The predicted octanol–water partition coefficient (Wildman–Crippen LogP) is 2.10. The topological polar surface area (TPSA) is 63.3 Å². The Morgan fingerprint density at radius 2 is 2.21 bits per heavy atom. The van der Waals surface area contributed by atoms with E-state index in [0.29, 0.717) is 5.56 Å². The fraction of sp³-hybridized carbons (Fsp3) is 0.364. The van der Waals surface area contributed by atoms with E-state index in [0.717, 1.165) is 17.5 Å². The summed E-state index contributed by atoms with van der Waals surface area (Å²) in [5, 5.41) is 8.95. The largest absolute Gasteiger partial charge is 0.478 e. The van der Waals surface area contributed by atoms with Gasteiger partial charge in [0, 0.05) is 6.04 Å². The molecule has 3 N–H and O–H groups in total. The summed E-state index contributed by atoms with van der Waals surface area (Å²) in [5.41, 5.74) is 7.91. The number of aromatic carboxylic acids is 1. The number of carboxylic acids is 1. The van der Waals surface area contributed by atoms with Crippen molar-refractivity contribution in [3.8, 4) is 0 Å². The Labute approximate surface area is 83.6 Å². The van der Waals surface area contributed by atoms with Gasteiger partial charge in [-0.05, 0) is 25.0 Å². The first-order chi connectivity index (χ1) is 6.56. The smallest absolute Gasteiger partial charge is 0.336 e. The number of hydrogen-bond donors (Lipinski definition) is 2. The molecule has 0 saturated carbocycles. The lowest BCUT2D eigenvalue weighted by molar-refractivity contribution is 0.0695. The van der Waals surface area contributed by atoms with Gasteiger partial charge in [0.25, 0.3) is 0 Å². The monoisotopic (exact) mass is 193 g/mol. The van der Waals surface area contributed by atoms with Crippen molar-refractivity contribution in [2.24, 2.45) is 5.73 Å². The molecule has 1 atom stereocenters. The van der Waals surface area contributed by atoms with Crippen LogP contribution >= 0.6 is 0 Å². The normalized spacial score (nSPS) is 12.5. The first kappa shape index (κ1) is 10.7. The maximum atomic E-state index is 10.9. The van der Waals surface area contributed by atoms with E-state index in [4.69, 9.17) is 10.8 Å². The first-order valence-electron chi connectivity index (χ1n) is 4.65. The molecule has 76 valence electrons. The van der Waals surface area contributed by atoms with Gasteiger partial charge < -0.3 is 10.8 Å². The van der Waals surface area contributed by atoms with Crippen molar-refractivity contribution in [3.63, 3.8) is 0 Å². The molecule has 0 aliphatic rings. The molecule has 1 rings (SSSR count). The molecule has 0 heterocycles. The third-order valence-corrected chi connectivity index (χ3v) is 2.28. The van der Waals surface area contributed by atoms with Crippen molar-refractivity contribution in [1.29, 1.82) is 0 Å². The summed E-state index contributed by atoms with van der Waals surface area (Å²) in [5.74, 6) is -0.913. The summed E-state index contributed by atoms with van der Waals surface area (Å²) in [6.07, 6.45) is 0.740. The Hall–Kier alpha value is -1.35. The van der Waals surface area contributed by atoms with Crippen molar-refractivity contribution in [1.82, 2.24) is 0 Å². The van der Waals surface area contributed by atoms with Crippen LogP contribution in [0.1, 0.15) is 40.9 Å². The zero-order chi connectivity index (χ0) is 10.7. The van der Waals surface area contributed by atoms with Gasteiger partial charge in [-0.2, -0.15) is 0 Å². The Kier molecular flexibility index (Phi) is 3.25. The van der Waals surface area contributed by atoms with Crippen LogP contribution in [0.2, 0.25) is 0 Å². The quantitative estimate of drug-likeness (QED) is 0.772. The third kappa shape index (κ3) is 2.12. The summed E-state index contributed by atoms with van der Waals surface area (Å²) < 4.78 is 0. The van der Waals surface area contributed by atoms with Crippen molar-refractivity contribution in [2.45, 2.75) is 26.3 Å². The van der Waals surface area contributed by atoms with E-state index >= 15 is 0 Å². The highest BCUT2D eigenvalue weighted by molar-refractivity contribution is 5.89. The highest BCUT2D eigenvalue weighted by Gasteiger charge is 2.14. The minimum Gasteiger partial charge on any atom is -0.478 e. The summed E-state index contributed by atoms with van der Waals surface area (Å²) in [6.45, 7) is 3.87. The molecule has 0 amide bonds. The molecule has 3 heteroatoms. The molecular weight excluding hydrogens is 178 g/mol. The second-order valence-electron chi connectivity index (χ2n) is 3.41. The van der Waals surface area contributed by atoms with E-state index in [1.807, 2.05) is 19.9 Å². The van der Waals surface area contributed by atoms with Crippen molar-refractivity contribution >= 4 is 5.97 Å². The molecule has 1 aromatic carbocycles. The summed E-state index contributed by atoms with van der Waals surface area (Å²) in [7, 11) is 0. The van der Waals surface area contributed by atoms with Gasteiger partial charge in [0.2, 0.25) is 0 Å². The molecule has 14 heavy (non-hydrogen) atoms. The number of benzene rings is 1. The molecule has 0 spiro atoms. The van der Waals surface area contributed by atoms with Crippen molar-refractivity contribution in [3.05, 3.63) is 34.9 Å². The molecule has 0 saturated heterocycles. The van der Waals surface area contributed by atoms with Gasteiger partial charge in [-0.15, -0.1) is 0 Å². The Bertz CT molecular complexity index is 347. The Morgan fingerprint density at radius 1 is 1.57 bits per heavy atom. The third-order valence-electron chi connectivity index (χ3n) is 2.28. The lowest BCUT2D eigenvalue weighted by Gasteiger charge is -2.13. The first-order valence-corrected chi connectivity index (χ1v) is 4.65. The molecule has 0 aliphatic carbocycles. The number of hydrogen-bond acceptors (Lipinski definition) is 2. The number of rotatable bonds is 3. The van der Waals surface area contributed by atoms with Crippen molar-refractivity contribution < 1.29 is 9.90 Å². The highest BCUT2D eigenvalue weighted by Crippen LogP contribution is 2.20. The molecule has 0 aromatic heterocycles.